The molecule has 0 N–H and O–H groups in total. The molecule has 0 unspecified atom stereocenters. The van der Waals surface area contributed by atoms with Gasteiger partial charge in [-0.3, -0.25) is 0 Å². The molecule has 1 aromatic heterocycles. The van der Waals surface area contributed by atoms with Crippen LogP contribution in [0.15, 0.2) is 17.5 Å². The molecule has 4 heteroatoms. The average Bonchev–Trinajstić information content (AvgIpc) is 2.76. The minimum Gasteiger partial charge on any atom is -0.496 e. The maximum atomic E-state index is 5.78. The third kappa shape index (κ3) is 2.45. The zero-order valence-corrected chi connectivity index (χ0v) is 11.7. The van der Waals surface area contributed by atoms with Gasteiger partial charge in [-0.2, -0.15) is 0 Å². The number of hydrogen-bond donors (Lipinski definition) is 0. The fraction of sp³-hybridized carbons (Fsp3) is 0.308. The number of ether oxygens (including phenoxy) is 1. The average molecular weight is 268 g/mol. The molecule has 2 aromatic rings. The van der Waals surface area contributed by atoms with Crippen molar-refractivity contribution in [1.82, 2.24) is 4.98 Å². The summed E-state index contributed by atoms with van der Waals surface area (Å²) in [6.45, 7) is 4.12. The first kappa shape index (κ1) is 12.4. The van der Waals surface area contributed by atoms with Gasteiger partial charge in [0.05, 0.1) is 18.7 Å². The van der Waals surface area contributed by atoms with E-state index < -0.39 is 0 Å². The number of aromatic nitrogens is 1. The summed E-state index contributed by atoms with van der Waals surface area (Å²) < 4.78 is 5.46. The van der Waals surface area contributed by atoms with Gasteiger partial charge in [0.15, 0.2) is 0 Å². The van der Waals surface area contributed by atoms with Crippen molar-refractivity contribution < 1.29 is 4.74 Å². The first-order chi connectivity index (χ1) is 8.15. The van der Waals surface area contributed by atoms with Crippen LogP contribution < -0.4 is 4.74 Å². The number of thiazole rings is 1. The van der Waals surface area contributed by atoms with Crippen LogP contribution in [-0.2, 0) is 5.88 Å². The minimum absolute atomic E-state index is 0.456. The van der Waals surface area contributed by atoms with E-state index in [0.717, 1.165) is 27.6 Å². The molecule has 0 saturated carbocycles. The lowest BCUT2D eigenvalue weighted by Crippen LogP contribution is -1.93. The Morgan fingerprint density at radius 2 is 2.12 bits per heavy atom. The fourth-order valence-electron chi connectivity index (χ4n) is 1.91. The lowest BCUT2D eigenvalue weighted by atomic mass is 10.0. The Labute approximate surface area is 110 Å². The fourth-order valence-corrected chi connectivity index (χ4v) is 2.80. The van der Waals surface area contributed by atoms with Gasteiger partial charge < -0.3 is 4.74 Å². The van der Waals surface area contributed by atoms with E-state index >= 15 is 0 Å². The summed E-state index contributed by atoms with van der Waals surface area (Å²) in [5.74, 6) is 1.35. The molecule has 17 heavy (non-hydrogen) atoms. The van der Waals surface area contributed by atoms with E-state index in [1.807, 2.05) is 12.3 Å². The molecule has 0 spiro atoms. The Kier molecular flexibility index (Phi) is 3.69. The first-order valence-corrected chi connectivity index (χ1v) is 6.73. The molecule has 0 amide bonds. The standard InChI is InChI=1S/C13H14ClNOS/c1-8-4-9(2)13(16-3)10(5-8)11-7-17-12(6-14)15-11/h4-5,7H,6H2,1-3H3. The third-order valence-corrected chi connectivity index (χ3v) is 3.83. The highest BCUT2D eigenvalue weighted by Crippen LogP contribution is 2.34. The van der Waals surface area contributed by atoms with Crippen molar-refractivity contribution in [1.29, 1.82) is 0 Å². The number of hydrogen-bond acceptors (Lipinski definition) is 3. The summed E-state index contributed by atoms with van der Waals surface area (Å²) in [5.41, 5.74) is 4.31. The molecule has 90 valence electrons. The van der Waals surface area contributed by atoms with Crippen molar-refractivity contribution in [2.75, 3.05) is 7.11 Å². The lowest BCUT2D eigenvalue weighted by Gasteiger charge is -2.11. The van der Waals surface area contributed by atoms with E-state index in [1.54, 1.807) is 18.4 Å². The molecule has 0 aliphatic rings. The van der Waals surface area contributed by atoms with Crippen LogP contribution in [0.5, 0.6) is 5.75 Å². The zero-order valence-electron chi connectivity index (χ0n) is 10.1. The number of alkyl halides is 1. The predicted octanol–water partition coefficient (Wildman–Crippen LogP) is 4.17. The molecular weight excluding hydrogens is 254 g/mol. The van der Waals surface area contributed by atoms with E-state index in [9.17, 15) is 0 Å². The first-order valence-electron chi connectivity index (χ1n) is 5.31. The van der Waals surface area contributed by atoms with Gasteiger partial charge >= 0.3 is 0 Å². The van der Waals surface area contributed by atoms with Crippen LogP contribution in [0.4, 0.5) is 0 Å². The highest BCUT2D eigenvalue weighted by Gasteiger charge is 2.12. The highest BCUT2D eigenvalue weighted by molar-refractivity contribution is 7.10. The van der Waals surface area contributed by atoms with Crippen molar-refractivity contribution in [3.05, 3.63) is 33.6 Å². The largest absolute Gasteiger partial charge is 0.496 e. The van der Waals surface area contributed by atoms with Crippen LogP contribution in [0.1, 0.15) is 16.1 Å². The second-order valence-electron chi connectivity index (χ2n) is 3.92. The topological polar surface area (TPSA) is 22.1 Å². The molecule has 1 aromatic carbocycles. The summed E-state index contributed by atoms with van der Waals surface area (Å²) in [7, 11) is 1.69. The van der Waals surface area contributed by atoms with Crippen molar-refractivity contribution in [2.24, 2.45) is 0 Å². The second-order valence-corrected chi connectivity index (χ2v) is 5.13. The van der Waals surface area contributed by atoms with Gasteiger partial charge in [-0.25, -0.2) is 4.98 Å². The summed E-state index contributed by atoms with van der Waals surface area (Å²) in [5, 5.41) is 2.96. The molecule has 0 radical (unpaired) electrons. The molecule has 0 fully saturated rings. The number of rotatable bonds is 3. The van der Waals surface area contributed by atoms with E-state index in [0.29, 0.717) is 5.88 Å². The van der Waals surface area contributed by atoms with Crippen molar-refractivity contribution in [3.63, 3.8) is 0 Å². The predicted molar refractivity (Wildman–Crippen MR) is 73.1 cm³/mol. The van der Waals surface area contributed by atoms with Gasteiger partial charge in [-0.15, -0.1) is 22.9 Å². The molecular formula is C13H14ClNOS. The Bertz CT molecular complexity index is 536. The molecule has 0 aliphatic heterocycles. The summed E-state index contributed by atoms with van der Waals surface area (Å²) in [6.07, 6.45) is 0. The SMILES string of the molecule is COc1c(C)cc(C)cc1-c1csc(CCl)n1. The van der Waals surface area contributed by atoms with E-state index in [4.69, 9.17) is 16.3 Å². The molecule has 0 atom stereocenters. The van der Waals surface area contributed by atoms with Crippen LogP contribution in [-0.4, -0.2) is 12.1 Å². The molecule has 2 rings (SSSR count). The second kappa shape index (κ2) is 5.07. The van der Waals surface area contributed by atoms with Gasteiger partial charge in [0.1, 0.15) is 10.8 Å². The molecule has 2 nitrogen and oxygen atoms in total. The van der Waals surface area contributed by atoms with Gasteiger partial charge in [0.2, 0.25) is 0 Å². The summed E-state index contributed by atoms with van der Waals surface area (Å²) in [6, 6.07) is 4.20. The van der Waals surface area contributed by atoms with Crippen molar-refractivity contribution in [3.8, 4) is 17.0 Å². The van der Waals surface area contributed by atoms with Crippen LogP contribution in [0.25, 0.3) is 11.3 Å². The number of methoxy groups -OCH3 is 1. The summed E-state index contributed by atoms with van der Waals surface area (Å²) in [4.78, 5) is 4.50. The normalized spacial score (nSPS) is 10.6. The molecule has 0 bridgehead atoms. The quantitative estimate of drug-likeness (QED) is 0.779. The van der Waals surface area contributed by atoms with Crippen molar-refractivity contribution in [2.45, 2.75) is 19.7 Å². The van der Waals surface area contributed by atoms with Gasteiger partial charge in [-0.05, 0) is 31.0 Å². The van der Waals surface area contributed by atoms with Crippen LogP contribution in [0.3, 0.4) is 0 Å². The summed E-state index contributed by atoms with van der Waals surface area (Å²) >= 11 is 7.36. The van der Waals surface area contributed by atoms with Gasteiger partial charge in [-0.1, -0.05) is 6.07 Å². The highest BCUT2D eigenvalue weighted by atomic mass is 35.5. The number of aryl methyl sites for hydroxylation is 2. The lowest BCUT2D eigenvalue weighted by molar-refractivity contribution is 0.413. The van der Waals surface area contributed by atoms with Gasteiger partial charge in [0, 0.05) is 10.9 Å². The maximum Gasteiger partial charge on any atom is 0.131 e. The van der Waals surface area contributed by atoms with Gasteiger partial charge in [0.25, 0.3) is 0 Å². The van der Waals surface area contributed by atoms with E-state index in [1.165, 1.54) is 5.56 Å². The Morgan fingerprint density at radius 1 is 1.35 bits per heavy atom. The zero-order chi connectivity index (χ0) is 12.4. The Hall–Kier alpha value is -1.06. The Morgan fingerprint density at radius 3 is 2.71 bits per heavy atom. The molecule has 0 aliphatic carbocycles. The van der Waals surface area contributed by atoms with E-state index in [2.05, 4.69) is 24.0 Å². The Balaban J connectivity index is 2.57. The van der Waals surface area contributed by atoms with Crippen LogP contribution >= 0.6 is 22.9 Å². The van der Waals surface area contributed by atoms with Crippen LogP contribution in [0, 0.1) is 13.8 Å². The maximum absolute atomic E-state index is 5.78. The number of benzene rings is 1. The molecule has 0 saturated heterocycles. The minimum atomic E-state index is 0.456. The molecule has 1 heterocycles. The van der Waals surface area contributed by atoms with Crippen molar-refractivity contribution >= 4 is 22.9 Å². The third-order valence-electron chi connectivity index (χ3n) is 2.57. The van der Waals surface area contributed by atoms with Crippen LogP contribution in [0.2, 0.25) is 0 Å². The van der Waals surface area contributed by atoms with E-state index in [-0.39, 0.29) is 0 Å². The number of nitrogens with zero attached hydrogens (tertiary/aromatic N) is 1. The number of halogens is 1. The smallest absolute Gasteiger partial charge is 0.131 e. The monoisotopic (exact) mass is 267 g/mol.